The number of rotatable bonds is 4. The van der Waals surface area contributed by atoms with Gasteiger partial charge in [-0.2, -0.15) is 4.98 Å². The van der Waals surface area contributed by atoms with Gasteiger partial charge in [0.05, 0.1) is 5.39 Å². The van der Waals surface area contributed by atoms with E-state index in [1.54, 1.807) is 6.92 Å². The molecule has 2 saturated heterocycles. The number of nitrogens with zero attached hydrogens (tertiary/aromatic N) is 7. The number of carbonyl (C=O) groups excluding carboxylic acids is 2. The third kappa shape index (κ3) is 4.02. The minimum absolute atomic E-state index is 0.0386. The van der Waals surface area contributed by atoms with E-state index in [9.17, 15) is 14.7 Å². The zero-order valence-electron chi connectivity index (χ0n) is 22.3. The van der Waals surface area contributed by atoms with E-state index >= 15 is 0 Å². The first kappa shape index (κ1) is 24.5. The Morgan fingerprint density at radius 2 is 1.79 bits per heavy atom. The highest BCUT2D eigenvalue weighted by Gasteiger charge is 2.38. The van der Waals surface area contributed by atoms with Crippen LogP contribution in [0.15, 0.2) is 30.5 Å². The molecule has 2 fully saturated rings. The maximum Gasteiger partial charge on any atom is 0.249 e. The molecule has 0 spiro atoms. The third-order valence-electron chi connectivity index (χ3n) is 8.17. The number of anilines is 3. The van der Waals surface area contributed by atoms with E-state index in [0.29, 0.717) is 56.6 Å². The minimum atomic E-state index is -0.328. The highest BCUT2D eigenvalue weighted by atomic mass is 16.3. The second-order valence-electron chi connectivity index (χ2n) is 10.8. The molecule has 38 heavy (non-hydrogen) atoms. The van der Waals surface area contributed by atoms with Gasteiger partial charge in [-0.3, -0.25) is 9.59 Å². The third-order valence-corrected chi connectivity index (χ3v) is 8.17. The number of aromatic nitrogens is 3. The highest BCUT2D eigenvalue weighted by molar-refractivity contribution is 6.03. The van der Waals surface area contributed by atoms with Gasteiger partial charge in [0, 0.05) is 64.1 Å². The molecule has 0 aliphatic carbocycles. The Hall–Kier alpha value is -3.82. The Bertz CT molecular complexity index is 1390. The molecule has 1 N–H and O–H groups in total. The molecule has 0 unspecified atom stereocenters. The van der Waals surface area contributed by atoms with Crippen molar-refractivity contribution in [3.8, 4) is 5.88 Å². The van der Waals surface area contributed by atoms with Gasteiger partial charge in [-0.05, 0) is 44.7 Å². The standard InChI is InChI=1S/C28H35N7O3/c1-18(2)35-17-21-24(27(35)38)29-28(32-15-13-31(14-16-32)19(3)36)30-25(21)33-11-6-9-23(33)26(37)34-12-10-20-7-4-5-8-22(20)34/h4-5,7-8,17-18,23,38H,6,9-16H2,1-3H3/t23-/m1/s1. The van der Waals surface area contributed by atoms with Gasteiger partial charge in [0.2, 0.25) is 23.6 Å². The van der Waals surface area contributed by atoms with Gasteiger partial charge in [-0.15, -0.1) is 0 Å². The number of aromatic hydroxyl groups is 1. The summed E-state index contributed by atoms with van der Waals surface area (Å²) in [4.78, 5) is 43.5. The van der Waals surface area contributed by atoms with Crippen LogP contribution in [0.1, 0.15) is 45.2 Å². The summed E-state index contributed by atoms with van der Waals surface area (Å²) in [5.74, 6) is 1.49. The predicted octanol–water partition coefficient (Wildman–Crippen LogP) is 2.94. The van der Waals surface area contributed by atoms with Crippen LogP contribution in [0, 0.1) is 0 Å². The zero-order valence-corrected chi connectivity index (χ0v) is 22.3. The summed E-state index contributed by atoms with van der Waals surface area (Å²) in [5.41, 5.74) is 2.71. The quantitative estimate of drug-likeness (QED) is 0.568. The van der Waals surface area contributed by atoms with Gasteiger partial charge in [-0.25, -0.2) is 4.98 Å². The molecule has 0 saturated carbocycles. The van der Waals surface area contributed by atoms with E-state index in [-0.39, 0.29) is 29.8 Å². The molecular weight excluding hydrogens is 482 g/mol. The van der Waals surface area contributed by atoms with Crippen molar-refractivity contribution in [3.05, 3.63) is 36.0 Å². The highest BCUT2D eigenvalue weighted by Crippen LogP contribution is 2.39. The van der Waals surface area contributed by atoms with E-state index in [2.05, 4.69) is 15.9 Å². The summed E-state index contributed by atoms with van der Waals surface area (Å²) >= 11 is 0. The second kappa shape index (κ2) is 9.49. The molecular formula is C28H35N7O3. The Morgan fingerprint density at radius 1 is 1.03 bits per heavy atom. The number of hydrogen-bond donors (Lipinski definition) is 1. The maximum atomic E-state index is 13.9. The SMILES string of the molecule is CC(=O)N1CCN(c2nc(N3CCC[C@@H]3C(=O)N3CCc4ccccc43)c3cn(C(C)C)c(O)c3n2)CC1. The van der Waals surface area contributed by atoms with Crippen LogP contribution < -0.4 is 14.7 Å². The molecule has 3 aliphatic heterocycles. The lowest BCUT2D eigenvalue weighted by molar-refractivity contribution is -0.129. The Labute approximate surface area is 222 Å². The summed E-state index contributed by atoms with van der Waals surface area (Å²) in [6.07, 6.45) is 4.42. The van der Waals surface area contributed by atoms with Gasteiger partial charge in [0.15, 0.2) is 0 Å². The smallest absolute Gasteiger partial charge is 0.249 e. The summed E-state index contributed by atoms with van der Waals surface area (Å²) in [6.45, 7) is 9.45. The summed E-state index contributed by atoms with van der Waals surface area (Å²) in [7, 11) is 0. The van der Waals surface area contributed by atoms with Gasteiger partial charge in [0.1, 0.15) is 17.4 Å². The summed E-state index contributed by atoms with van der Waals surface area (Å²) < 4.78 is 1.81. The minimum Gasteiger partial charge on any atom is -0.493 e. The molecule has 3 aromatic rings. The molecule has 1 aromatic carbocycles. The topological polar surface area (TPSA) is 98.0 Å². The lowest BCUT2D eigenvalue weighted by Gasteiger charge is -2.35. The number of piperazine rings is 1. The van der Waals surface area contributed by atoms with E-state index in [1.807, 2.05) is 52.6 Å². The normalized spacial score (nSPS) is 19.6. The summed E-state index contributed by atoms with van der Waals surface area (Å²) in [5, 5.41) is 11.9. The molecule has 0 bridgehead atoms. The number of para-hydroxylation sites is 1. The lowest BCUT2D eigenvalue weighted by Crippen LogP contribution is -2.49. The molecule has 2 amide bonds. The largest absolute Gasteiger partial charge is 0.493 e. The van der Waals surface area contributed by atoms with Crippen molar-refractivity contribution in [2.45, 2.75) is 52.1 Å². The fourth-order valence-corrected chi connectivity index (χ4v) is 6.06. The number of fused-ring (bicyclic) bond motifs is 2. The molecule has 3 aliphatic rings. The van der Waals surface area contributed by atoms with Crippen molar-refractivity contribution < 1.29 is 14.7 Å². The van der Waals surface area contributed by atoms with Crippen LogP contribution in [0.5, 0.6) is 5.88 Å². The lowest BCUT2D eigenvalue weighted by atomic mass is 10.1. The van der Waals surface area contributed by atoms with E-state index in [1.165, 1.54) is 5.56 Å². The molecule has 2 aromatic heterocycles. The first-order valence-corrected chi connectivity index (χ1v) is 13.6. The fraction of sp³-hybridized carbons (Fsp3) is 0.500. The van der Waals surface area contributed by atoms with Crippen molar-refractivity contribution in [1.29, 1.82) is 0 Å². The molecule has 1 atom stereocenters. The van der Waals surface area contributed by atoms with Crippen molar-refractivity contribution in [2.24, 2.45) is 0 Å². The molecule has 6 rings (SSSR count). The number of carbonyl (C=O) groups is 2. The van der Waals surface area contributed by atoms with Gasteiger partial charge < -0.3 is 29.3 Å². The van der Waals surface area contributed by atoms with E-state index < -0.39 is 0 Å². The molecule has 0 radical (unpaired) electrons. The van der Waals surface area contributed by atoms with Crippen molar-refractivity contribution in [1.82, 2.24) is 19.4 Å². The van der Waals surface area contributed by atoms with Crippen LogP contribution >= 0.6 is 0 Å². The predicted molar refractivity (Wildman–Crippen MR) is 147 cm³/mol. The Kier molecular flexibility index (Phi) is 6.12. The average molecular weight is 518 g/mol. The fourth-order valence-electron chi connectivity index (χ4n) is 6.06. The van der Waals surface area contributed by atoms with Crippen LogP contribution in [0.3, 0.4) is 0 Å². The van der Waals surface area contributed by atoms with Crippen molar-refractivity contribution in [3.63, 3.8) is 0 Å². The van der Waals surface area contributed by atoms with Crippen LogP contribution in [-0.4, -0.2) is 81.7 Å². The first-order valence-electron chi connectivity index (χ1n) is 13.6. The molecule has 5 heterocycles. The van der Waals surface area contributed by atoms with Crippen LogP contribution in [0.2, 0.25) is 0 Å². The number of hydrogen-bond acceptors (Lipinski definition) is 7. The van der Waals surface area contributed by atoms with Crippen LogP contribution in [0.25, 0.3) is 10.9 Å². The molecule has 10 heteroatoms. The monoisotopic (exact) mass is 517 g/mol. The molecule has 200 valence electrons. The van der Waals surface area contributed by atoms with Crippen molar-refractivity contribution >= 4 is 40.2 Å². The van der Waals surface area contributed by atoms with Gasteiger partial charge in [0.25, 0.3) is 0 Å². The number of benzene rings is 1. The Morgan fingerprint density at radius 3 is 2.53 bits per heavy atom. The number of amides is 2. The Balaban J connectivity index is 1.39. The second-order valence-corrected chi connectivity index (χ2v) is 10.8. The van der Waals surface area contributed by atoms with Gasteiger partial charge in [-0.1, -0.05) is 18.2 Å². The zero-order chi connectivity index (χ0) is 26.6. The van der Waals surface area contributed by atoms with Crippen molar-refractivity contribution in [2.75, 3.05) is 54.0 Å². The van der Waals surface area contributed by atoms with E-state index in [4.69, 9.17) is 9.97 Å². The summed E-state index contributed by atoms with van der Waals surface area (Å²) in [6, 6.07) is 7.85. The van der Waals surface area contributed by atoms with Crippen LogP contribution in [-0.2, 0) is 16.0 Å². The average Bonchev–Trinajstić information content (AvgIpc) is 3.65. The molecule has 10 nitrogen and oxygen atoms in total. The maximum absolute atomic E-state index is 13.9. The van der Waals surface area contributed by atoms with Crippen LogP contribution in [0.4, 0.5) is 17.5 Å². The van der Waals surface area contributed by atoms with Gasteiger partial charge >= 0.3 is 0 Å². The first-order chi connectivity index (χ1) is 18.3. The van der Waals surface area contributed by atoms with E-state index in [0.717, 1.165) is 30.3 Å².